The van der Waals surface area contributed by atoms with Crippen molar-refractivity contribution < 1.29 is 13.9 Å². The second-order valence-electron chi connectivity index (χ2n) is 13.4. The van der Waals surface area contributed by atoms with Crippen LogP contribution in [0.5, 0.6) is 0 Å². The molecule has 4 atom stereocenters. The Hall–Kier alpha value is -4.25. The number of azide groups is 1. The average Bonchev–Trinajstić information content (AvgIpc) is 3.50. The summed E-state index contributed by atoms with van der Waals surface area (Å²) in [6, 6.07) is 30.9. The van der Waals surface area contributed by atoms with Gasteiger partial charge >= 0.3 is 5.69 Å². The molecule has 11 heteroatoms. The van der Waals surface area contributed by atoms with E-state index in [1.165, 1.54) is 4.57 Å². The number of nitrogens with zero attached hydrogens (tertiary/aromatic N) is 4. The summed E-state index contributed by atoms with van der Waals surface area (Å²) in [6.07, 6.45) is 1.82. The first-order valence-electron chi connectivity index (χ1n) is 16.5. The standard InChI is InChI=1S/C37H45N5O5Si/c1-27-24-42(36(44)40-35(27)43)33-23-29(17-14-22-39-41-38)34(46-33)32(26-45-25-28-15-8-5-9-16-28)47-48(37(2,3)4,30-18-10-6-11-19-30)31-20-12-7-13-21-31/h5-13,15-16,18-21,24,29,32-34H,14,17,22-23,25-26H2,1-4H3,(H,40,43,44)/t29-,32?,33+,34-/m0/s1. The first kappa shape index (κ1) is 35.1. The molecule has 0 amide bonds. The van der Waals surface area contributed by atoms with Crippen LogP contribution < -0.4 is 21.6 Å². The van der Waals surface area contributed by atoms with Gasteiger partial charge in [0.05, 0.1) is 25.4 Å². The van der Waals surface area contributed by atoms with Gasteiger partial charge in [0.1, 0.15) is 6.23 Å². The number of aromatic nitrogens is 2. The third kappa shape index (κ3) is 7.89. The summed E-state index contributed by atoms with van der Waals surface area (Å²) in [6.45, 7) is 9.39. The Kier molecular flexibility index (Phi) is 11.5. The Morgan fingerprint density at radius 1 is 1.00 bits per heavy atom. The normalized spacial score (nSPS) is 18.7. The van der Waals surface area contributed by atoms with E-state index in [0.717, 1.165) is 15.9 Å². The van der Waals surface area contributed by atoms with Crippen molar-refractivity contribution in [2.45, 2.75) is 77.0 Å². The monoisotopic (exact) mass is 667 g/mol. The van der Waals surface area contributed by atoms with Crippen LogP contribution in [0.25, 0.3) is 10.4 Å². The molecule has 3 aromatic carbocycles. The second-order valence-corrected chi connectivity index (χ2v) is 17.7. The maximum Gasteiger partial charge on any atom is 0.330 e. The maximum atomic E-state index is 13.0. The highest BCUT2D eigenvalue weighted by atomic mass is 28.4. The minimum absolute atomic E-state index is 0.0495. The highest BCUT2D eigenvalue weighted by Gasteiger charge is 2.54. The molecule has 0 radical (unpaired) electrons. The smallest absolute Gasteiger partial charge is 0.330 e. The fraction of sp³-hybridized carbons (Fsp3) is 0.405. The molecule has 1 unspecified atom stereocenters. The van der Waals surface area contributed by atoms with Gasteiger partial charge in [-0.15, -0.1) is 0 Å². The number of aryl methyl sites for hydroxylation is 1. The lowest BCUT2D eigenvalue weighted by Crippen LogP contribution is -2.69. The van der Waals surface area contributed by atoms with Crippen molar-refractivity contribution in [3.8, 4) is 0 Å². The zero-order valence-electron chi connectivity index (χ0n) is 28.1. The number of hydrogen-bond donors (Lipinski definition) is 1. The van der Waals surface area contributed by atoms with Crippen molar-refractivity contribution >= 4 is 18.7 Å². The number of ether oxygens (including phenoxy) is 2. The molecule has 48 heavy (non-hydrogen) atoms. The van der Waals surface area contributed by atoms with Gasteiger partial charge < -0.3 is 13.9 Å². The predicted molar refractivity (Wildman–Crippen MR) is 190 cm³/mol. The second kappa shape index (κ2) is 15.8. The van der Waals surface area contributed by atoms with Crippen LogP contribution in [-0.4, -0.2) is 43.2 Å². The molecule has 2 heterocycles. The number of H-pyrrole nitrogens is 1. The zero-order chi connectivity index (χ0) is 34.1. The van der Waals surface area contributed by atoms with Crippen molar-refractivity contribution in [1.29, 1.82) is 0 Å². The van der Waals surface area contributed by atoms with E-state index >= 15 is 0 Å². The van der Waals surface area contributed by atoms with Gasteiger partial charge in [-0.3, -0.25) is 14.3 Å². The molecule has 1 aliphatic heterocycles. The van der Waals surface area contributed by atoms with Crippen molar-refractivity contribution in [2.24, 2.45) is 11.0 Å². The summed E-state index contributed by atoms with van der Waals surface area (Å²) >= 11 is 0. The summed E-state index contributed by atoms with van der Waals surface area (Å²) in [4.78, 5) is 30.6. The fourth-order valence-corrected chi connectivity index (χ4v) is 11.5. The molecule has 4 aromatic rings. The SMILES string of the molecule is Cc1cn([C@H]2C[C@H](CCCN=[N+]=[N-])[C@@H](C(COCc3ccccc3)O[Si](c3ccccc3)(c3ccccc3)C(C)(C)C)O2)c(=O)[nH]c1=O. The van der Waals surface area contributed by atoms with Crippen LogP contribution in [0, 0.1) is 12.8 Å². The molecule has 0 aliphatic carbocycles. The van der Waals surface area contributed by atoms with E-state index in [4.69, 9.17) is 19.4 Å². The zero-order valence-corrected chi connectivity index (χ0v) is 29.1. The van der Waals surface area contributed by atoms with Gasteiger partial charge in [-0.05, 0) is 58.6 Å². The predicted octanol–water partition coefficient (Wildman–Crippen LogP) is 6.00. The van der Waals surface area contributed by atoms with Crippen LogP contribution in [0.15, 0.2) is 112 Å². The van der Waals surface area contributed by atoms with Gasteiger partial charge in [0.15, 0.2) is 0 Å². The summed E-state index contributed by atoms with van der Waals surface area (Å²) in [5.41, 5.74) is 9.45. The largest absolute Gasteiger partial charge is 0.399 e. The van der Waals surface area contributed by atoms with Crippen LogP contribution in [0.3, 0.4) is 0 Å². The van der Waals surface area contributed by atoms with Gasteiger partial charge in [0.25, 0.3) is 13.9 Å². The Bertz CT molecular complexity index is 1750. The highest BCUT2D eigenvalue weighted by molar-refractivity contribution is 6.99. The number of benzene rings is 3. The molecule has 1 N–H and O–H groups in total. The first-order chi connectivity index (χ1) is 23.1. The molecular weight excluding hydrogens is 623 g/mol. The maximum absolute atomic E-state index is 13.0. The number of aromatic amines is 1. The summed E-state index contributed by atoms with van der Waals surface area (Å²) in [7, 11) is -3.05. The van der Waals surface area contributed by atoms with E-state index in [1.54, 1.807) is 13.1 Å². The van der Waals surface area contributed by atoms with E-state index in [2.05, 4.69) is 84.3 Å². The minimum atomic E-state index is -3.05. The van der Waals surface area contributed by atoms with E-state index in [-0.39, 0.29) is 17.6 Å². The first-order valence-corrected chi connectivity index (χ1v) is 18.4. The van der Waals surface area contributed by atoms with Gasteiger partial charge in [0.2, 0.25) is 0 Å². The number of nitrogens with one attached hydrogen (secondary N) is 1. The van der Waals surface area contributed by atoms with E-state index in [0.29, 0.717) is 38.0 Å². The van der Waals surface area contributed by atoms with Crippen molar-refractivity contribution in [1.82, 2.24) is 9.55 Å². The fourth-order valence-electron chi connectivity index (χ4n) is 6.84. The Labute approximate surface area is 282 Å². The quantitative estimate of drug-likeness (QED) is 0.0579. The number of rotatable bonds is 14. The average molecular weight is 668 g/mol. The summed E-state index contributed by atoms with van der Waals surface area (Å²) < 4.78 is 22.4. The van der Waals surface area contributed by atoms with Crippen molar-refractivity contribution in [3.05, 3.63) is 140 Å². The van der Waals surface area contributed by atoms with Crippen LogP contribution in [-0.2, 0) is 20.5 Å². The van der Waals surface area contributed by atoms with Gasteiger partial charge in [-0.25, -0.2) is 4.79 Å². The van der Waals surface area contributed by atoms with Crippen LogP contribution in [0.1, 0.15) is 57.4 Å². The molecule has 1 fully saturated rings. The lowest BCUT2D eigenvalue weighted by molar-refractivity contribution is -0.0908. The topological polar surface area (TPSA) is 131 Å². The van der Waals surface area contributed by atoms with E-state index in [1.807, 2.05) is 42.5 Å². The third-order valence-electron chi connectivity index (χ3n) is 9.14. The Morgan fingerprint density at radius 2 is 1.60 bits per heavy atom. The summed E-state index contributed by atoms with van der Waals surface area (Å²) in [5.74, 6) is -0.0495. The lowest BCUT2D eigenvalue weighted by Gasteiger charge is -2.46. The highest BCUT2D eigenvalue weighted by Crippen LogP contribution is 2.42. The molecule has 0 saturated carbocycles. The van der Waals surface area contributed by atoms with Gasteiger partial charge in [-0.1, -0.05) is 117 Å². The molecular formula is C37H45N5O5Si. The Morgan fingerprint density at radius 3 is 2.19 bits per heavy atom. The van der Waals surface area contributed by atoms with Crippen LogP contribution in [0.4, 0.5) is 0 Å². The molecule has 1 aromatic heterocycles. The van der Waals surface area contributed by atoms with Crippen LogP contribution in [0.2, 0.25) is 5.04 Å². The Balaban J connectivity index is 1.60. The van der Waals surface area contributed by atoms with Gasteiger partial charge in [-0.2, -0.15) is 0 Å². The molecule has 1 aliphatic rings. The van der Waals surface area contributed by atoms with E-state index in [9.17, 15) is 9.59 Å². The van der Waals surface area contributed by atoms with E-state index < -0.39 is 38.0 Å². The molecule has 252 valence electrons. The molecule has 0 spiro atoms. The van der Waals surface area contributed by atoms with Crippen molar-refractivity contribution in [3.63, 3.8) is 0 Å². The molecule has 1 saturated heterocycles. The van der Waals surface area contributed by atoms with Gasteiger partial charge in [0, 0.05) is 23.2 Å². The van der Waals surface area contributed by atoms with Crippen LogP contribution >= 0.6 is 0 Å². The molecule has 10 nitrogen and oxygen atoms in total. The minimum Gasteiger partial charge on any atom is -0.399 e. The summed E-state index contributed by atoms with van der Waals surface area (Å²) in [5, 5.41) is 5.74. The number of hydrogen-bond acceptors (Lipinski definition) is 6. The lowest BCUT2D eigenvalue weighted by atomic mass is 9.92. The third-order valence-corrected chi connectivity index (χ3v) is 14.2. The molecule has 0 bridgehead atoms. The molecule has 5 rings (SSSR count). The van der Waals surface area contributed by atoms with Crippen molar-refractivity contribution in [2.75, 3.05) is 13.2 Å².